The first-order chi connectivity index (χ1) is 15.1. The van der Waals surface area contributed by atoms with Crippen LogP contribution in [0.1, 0.15) is 11.1 Å². The Morgan fingerprint density at radius 2 is 1.91 bits per heavy atom. The molecule has 32 heavy (non-hydrogen) atoms. The number of guanidine groups is 1. The van der Waals surface area contributed by atoms with Crippen LogP contribution >= 0.6 is 24.0 Å². The van der Waals surface area contributed by atoms with Crippen LogP contribution in [-0.2, 0) is 17.8 Å². The van der Waals surface area contributed by atoms with Crippen LogP contribution in [0.3, 0.4) is 0 Å². The van der Waals surface area contributed by atoms with Gasteiger partial charge in [-0.15, -0.1) is 24.0 Å². The zero-order valence-corrected chi connectivity index (χ0v) is 20.5. The molecule has 0 bridgehead atoms. The number of nitrogens with one attached hydrogen (secondary N) is 2. The number of nitrogens with zero attached hydrogens (tertiary/aromatic N) is 3. The minimum absolute atomic E-state index is 0. The molecule has 0 aromatic heterocycles. The van der Waals surface area contributed by atoms with E-state index in [9.17, 15) is 10.1 Å². The fraction of sp³-hybridized carbons (Fsp3) is 0.409. The Morgan fingerprint density at radius 3 is 2.59 bits per heavy atom. The topological polar surface area (TPSA) is 101 Å². The molecule has 2 aromatic carbocycles. The van der Waals surface area contributed by atoms with Gasteiger partial charge >= 0.3 is 0 Å². The summed E-state index contributed by atoms with van der Waals surface area (Å²) in [4.78, 5) is 17.5. The van der Waals surface area contributed by atoms with E-state index in [1.54, 1.807) is 19.2 Å². The Labute approximate surface area is 205 Å². The third-order valence-corrected chi connectivity index (χ3v) is 4.99. The Balaban J connectivity index is 0.00000363. The molecule has 1 fully saturated rings. The van der Waals surface area contributed by atoms with Gasteiger partial charge in [0.1, 0.15) is 5.75 Å². The number of non-ortho nitro benzene ring substituents is 1. The summed E-state index contributed by atoms with van der Waals surface area (Å²) in [6, 6.07) is 14.3. The highest BCUT2D eigenvalue weighted by atomic mass is 127. The summed E-state index contributed by atoms with van der Waals surface area (Å²) < 4.78 is 10.7. The number of hydrogen-bond acceptors (Lipinski definition) is 6. The average Bonchev–Trinajstić information content (AvgIpc) is 2.81. The van der Waals surface area contributed by atoms with Crippen molar-refractivity contribution in [1.29, 1.82) is 0 Å². The SMILES string of the molecule is COc1cccc(CN=C(NCCN2CCOCC2)NCc2ccc([N+](=O)[O-])cc2)c1.I. The molecule has 9 nitrogen and oxygen atoms in total. The predicted octanol–water partition coefficient (Wildman–Crippen LogP) is 2.79. The molecule has 2 aromatic rings. The minimum atomic E-state index is -0.397. The Hall–Kier alpha value is -2.44. The van der Waals surface area contributed by atoms with E-state index in [-0.39, 0.29) is 29.7 Å². The van der Waals surface area contributed by atoms with Crippen LogP contribution in [0.4, 0.5) is 5.69 Å². The zero-order valence-electron chi connectivity index (χ0n) is 18.2. The predicted molar refractivity (Wildman–Crippen MR) is 135 cm³/mol. The van der Waals surface area contributed by atoms with Crippen molar-refractivity contribution in [1.82, 2.24) is 15.5 Å². The van der Waals surface area contributed by atoms with Crippen molar-refractivity contribution >= 4 is 35.6 Å². The molecule has 0 atom stereocenters. The number of benzene rings is 2. The third-order valence-electron chi connectivity index (χ3n) is 4.99. The maximum atomic E-state index is 10.8. The van der Waals surface area contributed by atoms with Crippen LogP contribution in [0.25, 0.3) is 0 Å². The quantitative estimate of drug-likeness (QED) is 0.161. The van der Waals surface area contributed by atoms with Crippen LogP contribution < -0.4 is 15.4 Å². The summed E-state index contributed by atoms with van der Waals surface area (Å²) in [6.45, 7) is 6.10. The number of morpholine rings is 1. The molecule has 0 aliphatic carbocycles. The van der Waals surface area contributed by atoms with Crippen molar-refractivity contribution in [3.63, 3.8) is 0 Å². The van der Waals surface area contributed by atoms with Crippen molar-refractivity contribution < 1.29 is 14.4 Å². The fourth-order valence-corrected chi connectivity index (χ4v) is 3.19. The van der Waals surface area contributed by atoms with Gasteiger partial charge in [0.15, 0.2) is 5.96 Å². The Bertz CT molecular complexity index is 873. The Morgan fingerprint density at radius 1 is 1.16 bits per heavy atom. The van der Waals surface area contributed by atoms with Crippen molar-refractivity contribution in [2.45, 2.75) is 13.1 Å². The van der Waals surface area contributed by atoms with Gasteiger partial charge in [0.25, 0.3) is 5.69 Å². The van der Waals surface area contributed by atoms with Gasteiger partial charge in [-0.1, -0.05) is 24.3 Å². The zero-order chi connectivity index (χ0) is 21.9. The van der Waals surface area contributed by atoms with Gasteiger partial charge in [-0.3, -0.25) is 15.0 Å². The number of nitro groups is 1. The molecule has 0 unspecified atom stereocenters. The van der Waals surface area contributed by atoms with Gasteiger partial charge in [-0.05, 0) is 23.3 Å². The minimum Gasteiger partial charge on any atom is -0.497 e. The van der Waals surface area contributed by atoms with E-state index in [0.717, 1.165) is 56.3 Å². The second kappa shape index (κ2) is 13.9. The van der Waals surface area contributed by atoms with E-state index in [4.69, 9.17) is 14.5 Å². The summed E-state index contributed by atoms with van der Waals surface area (Å²) in [5, 5.41) is 17.5. The number of nitro benzene ring substituents is 1. The molecule has 2 N–H and O–H groups in total. The molecule has 10 heteroatoms. The highest BCUT2D eigenvalue weighted by Crippen LogP contribution is 2.13. The van der Waals surface area contributed by atoms with E-state index >= 15 is 0 Å². The summed E-state index contributed by atoms with van der Waals surface area (Å²) >= 11 is 0. The molecular formula is C22H30IN5O4. The summed E-state index contributed by atoms with van der Waals surface area (Å²) in [5.41, 5.74) is 2.07. The molecule has 0 amide bonds. The lowest BCUT2D eigenvalue weighted by atomic mass is 10.2. The van der Waals surface area contributed by atoms with Crippen molar-refractivity contribution in [2.24, 2.45) is 4.99 Å². The maximum Gasteiger partial charge on any atom is 0.269 e. The van der Waals surface area contributed by atoms with Crippen molar-refractivity contribution in [2.75, 3.05) is 46.5 Å². The number of ether oxygens (including phenoxy) is 2. The lowest BCUT2D eigenvalue weighted by molar-refractivity contribution is -0.384. The maximum absolute atomic E-state index is 10.8. The van der Waals surface area contributed by atoms with Gasteiger partial charge in [0.05, 0.1) is 31.8 Å². The molecule has 0 radical (unpaired) electrons. The molecular weight excluding hydrogens is 525 g/mol. The lowest BCUT2D eigenvalue weighted by Gasteiger charge is -2.26. The molecule has 1 saturated heterocycles. The van der Waals surface area contributed by atoms with Crippen molar-refractivity contribution in [3.8, 4) is 5.75 Å². The molecule has 1 heterocycles. The highest BCUT2D eigenvalue weighted by Gasteiger charge is 2.10. The van der Waals surface area contributed by atoms with Crippen LogP contribution in [-0.4, -0.2) is 62.3 Å². The third kappa shape index (κ3) is 8.60. The molecule has 174 valence electrons. The van der Waals surface area contributed by atoms with E-state index in [1.807, 2.05) is 24.3 Å². The number of hydrogen-bond donors (Lipinski definition) is 2. The van der Waals surface area contributed by atoms with E-state index in [1.165, 1.54) is 12.1 Å². The first-order valence-electron chi connectivity index (χ1n) is 10.3. The highest BCUT2D eigenvalue weighted by molar-refractivity contribution is 14.0. The summed E-state index contributed by atoms with van der Waals surface area (Å²) in [7, 11) is 1.65. The van der Waals surface area contributed by atoms with Gasteiger partial charge in [-0.2, -0.15) is 0 Å². The van der Waals surface area contributed by atoms with E-state index in [0.29, 0.717) is 19.0 Å². The lowest BCUT2D eigenvalue weighted by Crippen LogP contribution is -2.44. The number of methoxy groups -OCH3 is 1. The van der Waals surface area contributed by atoms with Gasteiger partial charge in [0.2, 0.25) is 0 Å². The normalized spacial score (nSPS) is 14.3. The van der Waals surface area contributed by atoms with Gasteiger partial charge in [-0.25, -0.2) is 4.99 Å². The van der Waals surface area contributed by atoms with E-state index in [2.05, 4.69) is 15.5 Å². The standard InChI is InChI=1S/C22H29N5O4.HI/c1-30-21-4-2-3-19(15-21)17-25-22(23-9-10-26-11-13-31-14-12-26)24-16-18-5-7-20(8-6-18)27(28)29;/h2-8,15H,9-14,16-17H2,1H3,(H2,23,24,25);1H. The smallest absolute Gasteiger partial charge is 0.269 e. The van der Waals surface area contributed by atoms with Gasteiger partial charge < -0.3 is 20.1 Å². The second-order valence-electron chi connectivity index (χ2n) is 7.17. The van der Waals surface area contributed by atoms with Crippen LogP contribution in [0.5, 0.6) is 5.75 Å². The summed E-state index contributed by atoms with van der Waals surface area (Å²) in [6.07, 6.45) is 0. The molecule has 3 rings (SSSR count). The van der Waals surface area contributed by atoms with Crippen LogP contribution in [0.15, 0.2) is 53.5 Å². The van der Waals surface area contributed by atoms with Crippen LogP contribution in [0, 0.1) is 10.1 Å². The Kier molecular flexibility index (Phi) is 11.2. The molecule has 0 saturated carbocycles. The van der Waals surface area contributed by atoms with Crippen LogP contribution in [0.2, 0.25) is 0 Å². The van der Waals surface area contributed by atoms with Crippen molar-refractivity contribution in [3.05, 3.63) is 69.8 Å². The number of aliphatic imine (C=N–C) groups is 1. The van der Waals surface area contributed by atoms with Gasteiger partial charge in [0, 0.05) is 44.9 Å². The average molecular weight is 555 g/mol. The van der Waals surface area contributed by atoms with E-state index < -0.39 is 4.92 Å². The monoisotopic (exact) mass is 555 g/mol. The second-order valence-corrected chi connectivity index (χ2v) is 7.17. The fourth-order valence-electron chi connectivity index (χ4n) is 3.19. The number of halogens is 1. The first kappa shape index (κ1) is 25.8. The largest absolute Gasteiger partial charge is 0.497 e. The number of rotatable bonds is 9. The molecule has 1 aliphatic heterocycles. The first-order valence-corrected chi connectivity index (χ1v) is 10.3. The summed E-state index contributed by atoms with van der Waals surface area (Å²) in [5.74, 6) is 1.49. The molecule has 1 aliphatic rings. The molecule has 0 spiro atoms.